The molecule has 0 aromatic rings. The van der Waals surface area contributed by atoms with Gasteiger partial charge >= 0.3 is 29.6 Å². The summed E-state index contributed by atoms with van der Waals surface area (Å²) in [5.74, 6) is -0.475. The molecular weight excluding hydrogens is 217 g/mol. The first-order valence-corrected chi connectivity index (χ1v) is 5.02. The van der Waals surface area contributed by atoms with Gasteiger partial charge in [0.05, 0.1) is 0 Å². The van der Waals surface area contributed by atoms with Crippen LogP contribution in [-0.4, -0.2) is 59.7 Å². The zero-order valence-electron chi connectivity index (χ0n) is 7.57. The van der Waals surface area contributed by atoms with Gasteiger partial charge in [0.25, 0.3) is 10.1 Å². The summed E-state index contributed by atoms with van der Waals surface area (Å²) in [4.78, 5) is 10.7. The fraction of sp³-hybridized carbons (Fsp3) is 0.571. The van der Waals surface area contributed by atoms with Crippen LogP contribution in [0.3, 0.4) is 0 Å². The fourth-order valence-electron chi connectivity index (χ4n) is 0.463. The molecule has 0 heterocycles. The van der Waals surface area contributed by atoms with E-state index in [4.69, 9.17) is 4.55 Å². The van der Waals surface area contributed by atoms with E-state index in [1.807, 2.05) is 0 Å². The van der Waals surface area contributed by atoms with Crippen molar-refractivity contribution in [2.24, 2.45) is 0 Å². The average molecular weight is 231 g/mol. The third-order valence-corrected chi connectivity index (χ3v) is 3.11. The third kappa shape index (κ3) is 5.11. The second-order valence-corrected chi connectivity index (χ2v) is 5.21. The molecule has 0 atom stereocenters. The van der Waals surface area contributed by atoms with Crippen LogP contribution in [0.4, 0.5) is 0 Å². The van der Waals surface area contributed by atoms with E-state index in [-0.39, 0.29) is 36.1 Å². The Hall–Kier alpha value is 0.120. The minimum absolute atomic E-state index is 0. The molecule has 7 heteroatoms. The number of hydrogen-bond acceptors (Lipinski definition) is 3. The molecule has 0 bridgehead atoms. The summed E-state index contributed by atoms with van der Waals surface area (Å²) in [5.41, 5.74) is 0. The van der Waals surface area contributed by atoms with Gasteiger partial charge in [0, 0.05) is 6.54 Å². The van der Waals surface area contributed by atoms with Gasteiger partial charge in [0.1, 0.15) is 4.75 Å². The summed E-state index contributed by atoms with van der Waals surface area (Å²) < 4.78 is 28.8. The van der Waals surface area contributed by atoms with Crippen molar-refractivity contribution in [1.82, 2.24) is 5.32 Å². The molecule has 0 spiro atoms. The van der Waals surface area contributed by atoms with Gasteiger partial charge in [0.2, 0.25) is 5.91 Å². The molecule has 78 valence electrons. The van der Waals surface area contributed by atoms with Crippen molar-refractivity contribution < 1.29 is 17.8 Å². The molecule has 1 amide bonds. The normalized spacial score (nSPS) is 11.4. The molecule has 2 N–H and O–H groups in total. The number of carbonyl (C=O) groups is 1. The van der Waals surface area contributed by atoms with E-state index in [9.17, 15) is 13.2 Å². The number of nitrogens with one attached hydrogen (secondary N) is 1. The van der Waals surface area contributed by atoms with Crippen molar-refractivity contribution >= 4 is 45.6 Å². The fourth-order valence-corrected chi connectivity index (χ4v) is 0.718. The van der Waals surface area contributed by atoms with Crippen LogP contribution in [0.2, 0.25) is 0 Å². The Balaban J connectivity index is 0. The van der Waals surface area contributed by atoms with Crippen LogP contribution in [0.5, 0.6) is 0 Å². The molecular formula is C7H14NNaO4S. The molecule has 0 aliphatic carbocycles. The Kier molecular flexibility index (Phi) is 6.94. The number of amides is 1. The van der Waals surface area contributed by atoms with Crippen LogP contribution in [0.1, 0.15) is 13.8 Å². The minimum atomic E-state index is -4.16. The van der Waals surface area contributed by atoms with Gasteiger partial charge in [-0.05, 0) is 19.9 Å². The second-order valence-electron chi connectivity index (χ2n) is 3.16. The van der Waals surface area contributed by atoms with Gasteiger partial charge in [-0.3, -0.25) is 9.35 Å². The molecule has 14 heavy (non-hydrogen) atoms. The molecule has 0 saturated heterocycles. The predicted molar refractivity (Wildman–Crippen MR) is 56.0 cm³/mol. The topological polar surface area (TPSA) is 83.5 Å². The Morgan fingerprint density at radius 2 is 2.00 bits per heavy atom. The zero-order valence-corrected chi connectivity index (χ0v) is 8.39. The van der Waals surface area contributed by atoms with Crippen LogP contribution in [0, 0.1) is 0 Å². The Labute approximate surface area is 106 Å². The van der Waals surface area contributed by atoms with E-state index in [1.165, 1.54) is 13.8 Å². The van der Waals surface area contributed by atoms with Crippen molar-refractivity contribution in [3.05, 3.63) is 12.7 Å². The number of hydrogen-bond donors (Lipinski definition) is 2. The monoisotopic (exact) mass is 231 g/mol. The molecule has 0 aliphatic rings. The SMILES string of the molecule is C=CC(=O)NCC(C)(C)S(=O)(=O)O.[NaH]. The van der Waals surface area contributed by atoms with Crippen LogP contribution in [-0.2, 0) is 14.9 Å². The number of rotatable bonds is 4. The van der Waals surface area contributed by atoms with Crippen molar-refractivity contribution in [2.75, 3.05) is 6.54 Å². The van der Waals surface area contributed by atoms with Gasteiger partial charge in [-0.2, -0.15) is 8.42 Å². The van der Waals surface area contributed by atoms with E-state index < -0.39 is 20.8 Å². The van der Waals surface area contributed by atoms with Crippen molar-refractivity contribution in [2.45, 2.75) is 18.6 Å². The Bertz CT molecular complexity index is 310. The maximum atomic E-state index is 10.7. The summed E-state index contributed by atoms with van der Waals surface area (Å²) in [5, 5.41) is 2.28. The molecule has 0 radical (unpaired) electrons. The molecule has 0 unspecified atom stereocenters. The quantitative estimate of drug-likeness (QED) is 0.381. The standard InChI is InChI=1S/C7H13NO4S.Na.H/c1-4-6(9)8-5-7(2,3)13(10,11)12;;/h4H,1,5H2,2-3H3,(H,8,9)(H,10,11,12);;. The molecule has 5 nitrogen and oxygen atoms in total. The van der Waals surface area contributed by atoms with Crippen LogP contribution in [0.15, 0.2) is 12.7 Å². The van der Waals surface area contributed by atoms with Gasteiger partial charge in [-0.1, -0.05) is 6.58 Å². The molecule has 0 saturated carbocycles. The van der Waals surface area contributed by atoms with Crippen LogP contribution >= 0.6 is 0 Å². The van der Waals surface area contributed by atoms with Gasteiger partial charge in [0.15, 0.2) is 0 Å². The first-order chi connectivity index (χ1) is 5.70. The van der Waals surface area contributed by atoms with E-state index in [2.05, 4.69) is 11.9 Å². The number of carbonyl (C=O) groups excluding carboxylic acids is 1. The van der Waals surface area contributed by atoms with Gasteiger partial charge < -0.3 is 5.32 Å². The molecule has 0 rings (SSSR count). The Morgan fingerprint density at radius 1 is 1.57 bits per heavy atom. The van der Waals surface area contributed by atoms with Crippen molar-refractivity contribution in [1.29, 1.82) is 0 Å². The van der Waals surface area contributed by atoms with E-state index in [0.29, 0.717) is 0 Å². The van der Waals surface area contributed by atoms with Crippen LogP contribution in [0.25, 0.3) is 0 Å². The summed E-state index contributed by atoms with van der Waals surface area (Å²) in [6.07, 6.45) is 1.03. The summed E-state index contributed by atoms with van der Waals surface area (Å²) in [7, 11) is -4.16. The first kappa shape index (κ1) is 16.5. The maximum absolute atomic E-state index is 10.7. The second kappa shape index (κ2) is 5.87. The zero-order chi connectivity index (χ0) is 10.7. The van der Waals surface area contributed by atoms with Gasteiger partial charge in [-0.15, -0.1) is 0 Å². The first-order valence-electron chi connectivity index (χ1n) is 3.58. The molecule has 0 aromatic heterocycles. The summed E-state index contributed by atoms with van der Waals surface area (Å²) >= 11 is 0. The van der Waals surface area contributed by atoms with Crippen molar-refractivity contribution in [3.63, 3.8) is 0 Å². The summed E-state index contributed by atoms with van der Waals surface area (Å²) in [6, 6.07) is 0. The molecule has 0 aromatic carbocycles. The van der Waals surface area contributed by atoms with Crippen molar-refractivity contribution in [3.8, 4) is 0 Å². The van der Waals surface area contributed by atoms with E-state index in [0.717, 1.165) is 6.08 Å². The van der Waals surface area contributed by atoms with E-state index in [1.54, 1.807) is 0 Å². The van der Waals surface area contributed by atoms with E-state index >= 15 is 0 Å². The average Bonchev–Trinajstić information content (AvgIpc) is 1.98. The Morgan fingerprint density at radius 3 is 2.29 bits per heavy atom. The molecule has 0 aliphatic heterocycles. The van der Waals surface area contributed by atoms with Gasteiger partial charge in [-0.25, -0.2) is 0 Å². The van der Waals surface area contributed by atoms with Crippen LogP contribution < -0.4 is 5.32 Å². The third-order valence-electron chi connectivity index (χ3n) is 1.57. The summed E-state index contributed by atoms with van der Waals surface area (Å²) in [6.45, 7) is 5.67. The molecule has 0 fully saturated rings. The predicted octanol–water partition coefficient (Wildman–Crippen LogP) is -0.694.